The van der Waals surface area contributed by atoms with Crippen molar-refractivity contribution in [2.24, 2.45) is 0 Å². The highest BCUT2D eigenvalue weighted by Crippen LogP contribution is 2.39. The molecule has 1 rings (SSSR count). The molecule has 1 unspecified atom stereocenters. The quantitative estimate of drug-likeness (QED) is 0.582. The van der Waals surface area contributed by atoms with Crippen molar-refractivity contribution in [3.63, 3.8) is 0 Å². The zero-order valence-electron chi connectivity index (χ0n) is 9.15. The van der Waals surface area contributed by atoms with Crippen LogP contribution in [0.1, 0.15) is 39.0 Å². The minimum Gasteiger partial charge on any atom is -0.481 e. The van der Waals surface area contributed by atoms with Crippen LogP contribution in [-0.4, -0.2) is 33.8 Å². The summed E-state index contributed by atoms with van der Waals surface area (Å²) in [5.41, 5.74) is 0. The van der Waals surface area contributed by atoms with Crippen molar-refractivity contribution in [2.45, 2.75) is 44.3 Å². The highest BCUT2D eigenvalue weighted by Gasteiger charge is 2.15. The van der Waals surface area contributed by atoms with Crippen LogP contribution in [-0.2, 0) is 4.79 Å². The zero-order chi connectivity index (χ0) is 11.5. The van der Waals surface area contributed by atoms with Gasteiger partial charge in [0, 0.05) is 24.0 Å². The molecule has 1 fully saturated rings. The summed E-state index contributed by atoms with van der Waals surface area (Å²) in [4.78, 5) is 10.2. The average molecular weight is 252 g/mol. The van der Waals surface area contributed by atoms with Crippen LogP contribution < -0.4 is 0 Å². The van der Waals surface area contributed by atoms with Gasteiger partial charge in [0.05, 0.1) is 0 Å². The topological polar surface area (TPSA) is 57.5 Å². The second-order valence-corrected chi connectivity index (χ2v) is 6.07. The van der Waals surface area contributed by atoms with Gasteiger partial charge in [0.15, 0.2) is 0 Å². The molecule has 0 bridgehead atoms. The van der Waals surface area contributed by atoms with Crippen molar-refractivity contribution in [3.05, 3.63) is 0 Å². The summed E-state index contributed by atoms with van der Waals surface area (Å²) in [6.45, 7) is 1.93. The smallest absolute Gasteiger partial charge is 0.303 e. The van der Waals surface area contributed by atoms with E-state index in [0.717, 1.165) is 18.1 Å². The predicted octanol–water partition coefficient (Wildman–Crippen LogP) is 2.78. The number of carboxylic acid groups (broad SMARTS) is 1. The molecule has 1 atom stereocenters. The fourth-order valence-corrected chi connectivity index (χ4v) is 4.24. The van der Waals surface area contributed by atoms with E-state index in [1.165, 1.54) is 18.6 Å². The molecule has 0 aliphatic carbocycles. The van der Waals surface area contributed by atoms with Gasteiger partial charge in [-0.05, 0) is 26.2 Å². The number of unbranched alkanes of at least 4 members (excludes halogenated alkanes) is 1. The predicted molar refractivity (Wildman–Crippen MR) is 67.3 cm³/mol. The molecule has 0 radical (unpaired) electrons. The lowest BCUT2D eigenvalue weighted by molar-refractivity contribution is -0.137. The van der Waals surface area contributed by atoms with E-state index in [-0.39, 0.29) is 6.61 Å². The molecule has 1 aliphatic rings. The van der Waals surface area contributed by atoms with Crippen LogP contribution in [0.25, 0.3) is 0 Å². The van der Waals surface area contributed by atoms with Gasteiger partial charge in [0.1, 0.15) is 0 Å². The maximum absolute atomic E-state index is 10.2. The van der Waals surface area contributed by atoms with Crippen LogP contribution in [0, 0.1) is 0 Å². The highest BCUT2D eigenvalue weighted by molar-refractivity contribution is 8.77. The lowest BCUT2D eigenvalue weighted by atomic mass is 10.1. The highest BCUT2D eigenvalue weighted by atomic mass is 33.1. The van der Waals surface area contributed by atoms with Gasteiger partial charge in [0.2, 0.25) is 0 Å². The number of aliphatic hydroxyl groups excluding tert-OH is 1. The van der Waals surface area contributed by atoms with Crippen molar-refractivity contribution in [2.75, 3.05) is 12.4 Å². The molecule has 3 nitrogen and oxygen atoms in total. The monoisotopic (exact) mass is 252 g/mol. The number of hydrogen-bond acceptors (Lipinski definition) is 4. The van der Waals surface area contributed by atoms with Crippen LogP contribution >= 0.6 is 21.6 Å². The Morgan fingerprint density at radius 2 is 2.13 bits per heavy atom. The molecule has 0 amide bonds. The van der Waals surface area contributed by atoms with Gasteiger partial charge < -0.3 is 10.2 Å². The summed E-state index contributed by atoms with van der Waals surface area (Å²) >= 11 is 0. The molecule has 2 N–H and O–H groups in total. The lowest BCUT2D eigenvalue weighted by Gasteiger charge is -2.04. The van der Waals surface area contributed by atoms with Crippen LogP contribution in [0.4, 0.5) is 0 Å². The van der Waals surface area contributed by atoms with Gasteiger partial charge in [-0.3, -0.25) is 4.79 Å². The van der Waals surface area contributed by atoms with E-state index in [4.69, 9.17) is 10.2 Å². The van der Waals surface area contributed by atoms with Crippen LogP contribution in [0.15, 0.2) is 0 Å². The van der Waals surface area contributed by atoms with Crippen molar-refractivity contribution in [3.8, 4) is 0 Å². The number of hydrogen-bond donors (Lipinski definition) is 2. The number of aliphatic carboxylic acids is 1. The summed E-state index contributed by atoms with van der Waals surface area (Å²) in [6, 6.07) is 0. The number of rotatable bonds is 5. The minimum absolute atomic E-state index is 0.250. The molecule has 0 spiro atoms. The van der Waals surface area contributed by atoms with Gasteiger partial charge in [-0.15, -0.1) is 0 Å². The summed E-state index contributed by atoms with van der Waals surface area (Å²) in [6.07, 6.45) is 4.76. The first kappa shape index (κ1) is 15.1. The molecule has 0 aromatic carbocycles. The number of carboxylic acids is 1. The van der Waals surface area contributed by atoms with Crippen LogP contribution in [0.3, 0.4) is 0 Å². The average Bonchev–Trinajstić information content (AvgIpc) is 2.66. The van der Waals surface area contributed by atoms with Crippen LogP contribution in [0.2, 0.25) is 0 Å². The summed E-state index contributed by atoms with van der Waals surface area (Å²) in [5, 5.41) is 16.8. The van der Waals surface area contributed by atoms with E-state index in [9.17, 15) is 4.79 Å². The third-order valence-corrected chi connectivity index (χ3v) is 4.90. The Balaban J connectivity index is 0.000000583. The molecule has 1 heterocycles. The van der Waals surface area contributed by atoms with Crippen molar-refractivity contribution < 1.29 is 15.0 Å². The maximum Gasteiger partial charge on any atom is 0.303 e. The van der Waals surface area contributed by atoms with E-state index in [2.05, 4.69) is 0 Å². The Labute approximate surface area is 99.4 Å². The maximum atomic E-state index is 10.2. The first-order valence-corrected chi connectivity index (χ1v) is 7.69. The Morgan fingerprint density at radius 1 is 1.47 bits per heavy atom. The fourth-order valence-electron chi connectivity index (χ4n) is 1.21. The Kier molecular flexibility index (Phi) is 10.7. The van der Waals surface area contributed by atoms with E-state index in [1.54, 1.807) is 6.92 Å². The summed E-state index contributed by atoms with van der Waals surface area (Å²) in [5.74, 6) is 0.609. The van der Waals surface area contributed by atoms with Gasteiger partial charge >= 0.3 is 5.97 Å². The van der Waals surface area contributed by atoms with Gasteiger partial charge in [-0.1, -0.05) is 28.0 Å². The van der Waals surface area contributed by atoms with Crippen molar-refractivity contribution in [1.29, 1.82) is 0 Å². The second kappa shape index (κ2) is 10.6. The van der Waals surface area contributed by atoms with E-state index in [1.807, 2.05) is 21.6 Å². The van der Waals surface area contributed by atoms with E-state index >= 15 is 0 Å². The molecule has 0 saturated carbocycles. The summed E-state index contributed by atoms with van der Waals surface area (Å²) < 4.78 is 0. The summed E-state index contributed by atoms with van der Waals surface area (Å²) in [7, 11) is 3.92. The van der Waals surface area contributed by atoms with Gasteiger partial charge in [0.25, 0.3) is 0 Å². The largest absolute Gasteiger partial charge is 0.481 e. The van der Waals surface area contributed by atoms with E-state index < -0.39 is 5.97 Å². The van der Waals surface area contributed by atoms with Crippen molar-refractivity contribution >= 4 is 27.6 Å². The lowest BCUT2D eigenvalue weighted by Crippen LogP contribution is -1.99. The number of aliphatic hydroxyl groups is 1. The third-order valence-electron chi connectivity index (χ3n) is 1.89. The Hall–Kier alpha value is 0.130. The SMILES string of the molecule is CCO.O=C(O)CCCCC1CCSS1. The molecule has 15 heavy (non-hydrogen) atoms. The Morgan fingerprint density at radius 3 is 2.60 bits per heavy atom. The van der Waals surface area contributed by atoms with Gasteiger partial charge in [-0.2, -0.15) is 0 Å². The second-order valence-electron chi connectivity index (χ2n) is 3.28. The molecular formula is C10H20O3S2. The minimum atomic E-state index is -0.663. The molecule has 0 aromatic rings. The molecular weight excluding hydrogens is 232 g/mol. The molecule has 0 aromatic heterocycles. The normalized spacial score (nSPS) is 19.5. The van der Waals surface area contributed by atoms with Crippen LogP contribution in [0.5, 0.6) is 0 Å². The first-order chi connectivity index (χ1) is 7.20. The molecule has 1 aliphatic heterocycles. The molecule has 90 valence electrons. The van der Waals surface area contributed by atoms with E-state index in [0.29, 0.717) is 6.42 Å². The third kappa shape index (κ3) is 10.4. The first-order valence-electron chi connectivity index (χ1n) is 5.31. The van der Waals surface area contributed by atoms with Crippen molar-refractivity contribution in [1.82, 2.24) is 0 Å². The standard InChI is InChI=1S/C8H14O2S2.C2H6O/c9-8(10)4-2-1-3-7-5-6-11-12-7;1-2-3/h7H,1-6H2,(H,9,10);3H,2H2,1H3. The van der Waals surface area contributed by atoms with Gasteiger partial charge in [-0.25, -0.2) is 0 Å². The Bertz CT molecular complexity index is 159. The zero-order valence-corrected chi connectivity index (χ0v) is 10.8. The number of carbonyl (C=O) groups is 1. The molecule has 5 heteroatoms. The fraction of sp³-hybridized carbons (Fsp3) is 0.900. The molecule has 1 saturated heterocycles.